The van der Waals surface area contributed by atoms with E-state index in [0.29, 0.717) is 0 Å². The average Bonchev–Trinajstić information content (AvgIpc) is 2.21. The fraction of sp³-hybridized carbons (Fsp3) is 1.00. The molecule has 1 atom stereocenters. The number of aliphatic hydroxyl groups excluding tert-OH is 1. The van der Waals surface area contributed by atoms with Gasteiger partial charge in [-0.3, -0.25) is 0 Å². The molecule has 2 N–H and O–H groups in total. The lowest BCUT2D eigenvalue weighted by atomic mass is 10.1. The Balaban J connectivity index is 2.92. The lowest BCUT2D eigenvalue weighted by molar-refractivity contribution is 0.156. The Labute approximate surface area is 89.1 Å². The van der Waals surface area contributed by atoms with E-state index >= 15 is 0 Å². The molecule has 2 nitrogen and oxygen atoms in total. The Kier molecular flexibility index (Phi) is 10.9. The third-order valence-corrected chi connectivity index (χ3v) is 2.69. The minimum absolute atomic E-state index is 0.0562. The molecule has 0 amide bonds. The first-order valence-electron chi connectivity index (χ1n) is 6.14. The van der Waals surface area contributed by atoms with E-state index in [-0.39, 0.29) is 6.10 Å². The van der Waals surface area contributed by atoms with E-state index in [4.69, 9.17) is 0 Å². The Morgan fingerprint density at radius 3 is 2.14 bits per heavy atom. The molecule has 0 aromatic heterocycles. The van der Waals surface area contributed by atoms with Crippen molar-refractivity contribution in [2.24, 2.45) is 0 Å². The van der Waals surface area contributed by atoms with Crippen LogP contribution < -0.4 is 5.32 Å². The van der Waals surface area contributed by atoms with Gasteiger partial charge in [-0.05, 0) is 32.9 Å². The van der Waals surface area contributed by atoms with Gasteiger partial charge in [-0.25, -0.2) is 0 Å². The first-order valence-corrected chi connectivity index (χ1v) is 6.14. The molecule has 0 aliphatic rings. The minimum atomic E-state index is -0.0562. The zero-order valence-electron chi connectivity index (χ0n) is 9.89. The Hall–Kier alpha value is -0.0800. The van der Waals surface area contributed by atoms with Crippen LogP contribution in [0.4, 0.5) is 0 Å². The van der Waals surface area contributed by atoms with Crippen LogP contribution in [0, 0.1) is 0 Å². The molecular formula is C12H27NO. The molecule has 0 aromatic rings. The fourth-order valence-corrected chi connectivity index (χ4v) is 1.59. The maximum atomic E-state index is 9.32. The molecule has 0 aromatic carbocycles. The molecule has 0 rings (SSSR count). The van der Waals surface area contributed by atoms with Gasteiger partial charge in [0.05, 0.1) is 6.10 Å². The summed E-state index contributed by atoms with van der Waals surface area (Å²) in [7, 11) is 2.01. The van der Waals surface area contributed by atoms with Crippen LogP contribution >= 0.6 is 0 Å². The largest absolute Gasteiger partial charge is 0.393 e. The Morgan fingerprint density at radius 2 is 1.57 bits per heavy atom. The van der Waals surface area contributed by atoms with Gasteiger partial charge in [-0.2, -0.15) is 0 Å². The van der Waals surface area contributed by atoms with Gasteiger partial charge >= 0.3 is 0 Å². The van der Waals surface area contributed by atoms with Crippen molar-refractivity contribution in [2.45, 2.75) is 64.4 Å². The smallest absolute Gasteiger partial charge is 0.0537 e. The molecule has 0 fully saturated rings. The van der Waals surface area contributed by atoms with Crippen molar-refractivity contribution < 1.29 is 5.11 Å². The molecule has 2 heteroatoms. The van der Waals surface area contributed by atoms with Gasteiger partial charge in [0.25, 0.3) is 0 Å². The monoisotopic (exact) mass is 201 g/mol. The van der Waals surface area contributed by atoms with E-state index < -0.39 is 0 Å². The van der Waals surface area contributed by atoms with E-state index in [2.05, 4.69) is 5.32 Å². The summed E-state index contributed by atoms with van der Waals surface area (Å²) in [5, 5.41) is 12.5. The van der Waals surface area contributed by atoms with Crippen LogP contribution in [-0.2, 0) is 0 Å². The van der Waals surface area contributed by atoms with Crippen LogP contribution in [0.3, 0.4) is 0 Å². The molecule has 0 aliphatic heterocycles. The van der Waals surface area contributed by atoms with Crippen LogP contribution in [-0.4, -0.2) is 24.8 Å². The summed E-state index contributed by atoms with van der Waals surface area (Å²) in [6.07, 6.45) is 9.65. The van der Waals surface area contributed by atoms with Gasteiger partial charge in [0, 0.05) is 0 Å². The zero-order valence-corrected chi connectivity index (χ0v) is 9.89. The maximum absolute atomic E-state index is 9.32. The third kappa shape index (κ3) is 10.0. The highest BCUT2D eigenvalue weighted by Gasteiger charge is 1.99. The van der Waals surface area contributed by atoms with Crippen LogP contribution in [0.5, 0.6) is 0 Å². The third-order valence-electron chi connectivity index (χ3n) is 2.69. The lowest BCUT2D eigenvalue weighted by Crippen LogP contribution is -2.06. The van der Waals surface area contributed by atoms with E-state index in [0.717, 1.165) is 19.4 Å². The summed E-state index contributed by atoms with van der Waals surface area (Å²) in [5.74, 6) is 0. The fourth-order valence-electron chi connectivity index (χ4n) is 1.59. The van der Waals surface area contributed by atoms with Crippen molar-refractivity contribution >= 4 is 0 Å². The molecule has 0 saturated heterocycles. The molecule has 0 heterocycles. The van der Waals surface area contributed by atoms with Gasteiger partial charge in [-0.1, -0.05) is 39.0 Å². The minimum Gasteiger partial charge on any atom is -0.393 e. The van der Waals surface area contributed by atoms with E-state index in [1.165, 1.54) is 38.5 Å². The van der Waals surface area contributed by atoms with E-state index in [1.54, 1.807) is 0 Å². The average molecular weight is 201 g/mol. The first kappa shape index (κ1) is 13.9. The highest BCUT2D eigenvalue weighted by Crippen LogP contribution is 2.09. The van der Waals surface area contributed by atoms with E-state index in [1.807, 2.05) is 14.0 Å². The zero-order chi connectivity index (χ0) is 10.6. The highest BCUT2D eigenvalue weighted by atomic mass is 16.3. The Bertz CT molecular complexity index is 106. The summed E-state index contributed by atoms with van der Waals surface area (Å²) >= 11 is 0. The van der Waals surface area contributed by atoms with Crippen molar-refractivity contribution in [2.75, 3.05) is 13.6 Å². The summed E-state index contributed by atoms with van der Waals surface area (Å²) < 4.78 is 0. The van der Waals surface area contributed by atoms with Crippen LogP contribution in [0.2, 0.25) is 0 Å². The van der Waals surface area contributed by atoms with Crippen molar-refractivity contribution in [3.05, 3.63) is 0 Å². The predicted octanol–water partition coefficient (Wildman–Crippen LogP) is 2.71. The molecule has 0 spiro atoms. The molecule has 86 valence electrons. The quantitative estimate of drug-likeness (QED) is 0.533. The first-order chi connectivity index (χ1) is 6.81. The lowest BCUT2D eigenvalue weighted by Gasteiger charge is -2.06. The summed E-state index contributed by atoms with van der Waals surface area (Å²) in [6, 6.07) is 0. The molecule has 0 aliphatic carbocycles. The van der Waals surface area contributed by atoms with Gasteiger partial charge in [-0.15, -0.1) is 0 Å². The molecule has 14 heavy (non-hydrogen) atoms. The molecule has 1 unspecified atom stereocenters. The molecular weight excluding hydrogens is 174 g/mol. The van der Waals surface area contributed by atoms with Gasteiger partial charge < -0.3 is 10.4 Å². The standard InChI is InChI=1S/C12H27NO/c1-3-12(14)10-8-6-4-5-7-9-11-13-2/h12-14H,3-11H2,1-2H3. The predicted molar refractivity (Wildman–Crippen MR) is 62.5 cm³/mol. The number of rotatable bonds is 10. The number of hydrogen-bond donors (Lipinski definition) is 2. The van der Waals surface area contributed by atoms with Crippen LogP contribution in [0.1, 0.15) is 58.3 Å². The number of hydrogen-bond acceptors (Lipinski definition) is 2. The highest BCUT2D eigenvalue weighted by molar-refractivity contribution is 4.53. The van der Waals surface area contributed by atoms with Crippen LogP contribution in [0.25, 0.3) is 0 Å². The summed E-state index contributed by atoms with van der Waals surface area (Å²) in [6.45, 7) is 3.19. The number of aliphatic hydroxyl groups is 1. The van der Waals surface area contributed by atoms with Crippen LogP contribution in [0.15, 0.2) is 0 Å². The van der Waals surface area contributed by atoms with Crippen molar-refractivity contribution in [3.8, 4) is 0 Å². The van der Waals surface area contributed by atoms with E-state index in [9.17, 15) is 5.11 Å². The maximum Gasteiger partial charge on any atom is 0.0537 e. The second-order valence-corrected chi connectivity index (χ2v) is 4.08. The summed E-state index contributed by atoms with van der Waals surface area (Å²) in [4.78, 5) is 0. The Morgan fingerprint density at radius 1 is 1.00 bits per heavy atom. The second kappa shape index (κ2) is 11.0. The summed E-state index contributed by atoms with van der Waals surface area (Å²) in [5.41, 5.74) is 0. The van der Waals surface area contributed by atoms with Gasteiger partial charge in [0.1, 0.15) is 0 Å². The van der Waals surface area contributed by atoms with Gasteiger partial charge in [0.2, 0.25) is 0 Å². The van der Waals surface area contributed by atoms with Crippen molar-refractivity contribution in [1.82, 2.24) is 5.32 Å². The normalized spacial score (nSPS) is 13.1. The number of nitrogens with one attached hydrogen (secondary N) is 1. The molecule has 0 radical (unpaired) electrons. The SMILES string of the molecule is CCC(O)CCCCCCCCNC. The van der Waals surface area contributed by atoms with Crippen molar-refractivity contribution in [1.29, 1.82) is 0 Å². The topological polar surface area (TPSA) is 32.3 Å². The van der Waals surface area contributed by atoms with Gasteiger partial charge in [0.15, 0.2) is 0 Å². The van der Waals surface area contributed by atoms with Crippen molar-refractivity contribution in [3.63, 3.8) is 0 Å². The molecule has 0 saturated carbocycles. The molecule has 0 bridgehead atoms. The second-order valence-electron chi connectivity index (χ2n) is 4.08. The number of unbranched alkanes of at least 4 members (excludes halogenated alkanes) is 5.